The summed E-state index contributed by atoms with van der Waals surface area (Å²) in [5.41, 5.74) is 3.46. The van der Waals surface area contributed by atoms with Crippen molar-refractivity contribution in [3.8, 4) is 12.1 Å². The molecule has 1 heterocycles. The van der Waals surface area contributed by atoms with E-state index in [4.69, 9.17) is 5.26 Å². The lowest BCUT2D eigenvalue weighted by Gasteiger charge is -2.20. The number of carbonyl (C=O) groups excluding carboxylic acids is 1. The number of hydrogen-bond donors (Lipinski definition) is 0. The quantitative estimate of drug-likeness (QED) is 0.771. The Morgan fingerprint density at radius 1 is 0.963 bits per heavy atom. The van der Waals surface area contributed by atoms with Crippen molar-refractivity contribution in [1.82, 2.24) is 4.90 Å². The molecule has 1 fully saturated rings. The summed E-state index contributed by atoms with van der Waals surface area (Å²) in [6, 6.07) is 19.6. The molecule has 0 saturated carbocycles. The van der Waals surface area contributed by atoms with Crippen molar-refractivity contribution in [3.63, 3.8) is 0 Å². The van der Waals surface area contributed by atoms with Gasteiger partial charge in [-0.2, -0.15) is 10.5 Å². The van der Waals surface area contributed by atoms with E-state index in [9.17, 15) is 10.1 Å². The third-order valence-electron chi connectivity index (χ3n) is 5.20. The molecule has 0 N–H and O–H groups in total. The lowest BCUT2D eigenvalue weighted by Crippen LogP contribution is -2.27. The minimum Gasteiger partial charge on any atom is -0.343 e. The molecule has 2 aromatic carbocycles. The molecule has 2 aromatic rings. The lowest BCUT2D eigenvalue weighted by molar-refractivity contribution is -0.130. The zero-order chi connectivity index (χ0) is 19.1. The van der Waals surface area contributed by atoms with Gasteiger partial charge in [-0.1, -0.05) is 24.3 Å². The van der Waals surface area contributed by atoms with Gasteiger partial charge >= 0.3 is 0 Å². The van der Waals surface area contributed by atoms with Crippen LogP contribution in [0.1, 0.15) is 60.3 Å². The van der Waals surface area contributed by atoms with E-state index in [0.717, 1.165) is 49.9 Å². The smallest absolute Gasteiger partial charge is 0.222 e. The van der Waals surface area contributed by atoms with E-state index in [1.165, 1.54) is 0 Å². The van der Waals surface area contributed by atoms with Gasteiger partial charge in [0.05, 0.1) is 23.3 Å². The van der Waals surface area contributed by atoms with Crippen LogP contribution in [-0.2, 0) is 4.79 Å². The third-order valence-corrected chi connectivity index (χ3v) is 5.20. The highest BCUT2D eigenvalue weighted by molar-refractivity contribution is 5.76. The predicted molar refractivity (Wildman–Crippen MR) is 104 cm³/mol. The fourth-order valence-corrected chi connectivity index (χ4v) is 3.72. The maximum Gasteiger partial charge on any atom is 0.222 e. The van der Waals surface area contributed by atoms with Gasteiger partial charge in [0.1, 0.15) is 0 Å². The van der Waals surface area contributed by atoms with Crippen LogP contribution in [0.4, 0.5) is 0 Å². The predicted octanol–water partition coefficient (Wildman–Crippen LogP) is 4.35. The molecule has 0 radical (unpaired) electrons. The van der Waals surface area contributed by atoms with Gasteiger partial charge in [0.15, 0.2) is 0 Å². The minimum atomic E-state index is 0.109. The molecular formula is C23H23N3O. The van der Waals surface area contributed by atoms with Gasteiger partial charge in [-0.05, 0) is 61.1 Å². The van der Waals surface area contributed by atoms with Crippen molar-refractivity contribution < 1.29 is 4.79 Å². The van der Waals surface area contributed by atoms with E-state index in [-0.39, 0.29) is 11.8 Å². The number of benzene rings is 2. The molecular weight excluding hydrogens is 334 g/mol. The molecule has 3 rings (SSSR count). The molecule has 0 spiro atoms. The summed E-state index contributed by atoms with van der Waals surface area (Å²) in [6.45, 7) is 1.78. The second-order valence-corrected chi connectivity index (χ2v) is 7.00. The number of amides is 1. The SMILES string of the molecule is N#Cc1ccc(C(CCCC(=O)N2CCCC2)c2cccc(C#N)c2)cc1. The summed E-state index contributed by atoms with van der Waals surface area (Å²) in [6.07, 6.45) is 4.42. The number of carbonyl (C=O) groups is 1. The van der Waals surface area contributed by atoms with E-state index < -0.39 is 0 Å². The van der Waals surface area contributed by atoms with Crippen LogP contribution >= 0.6 is 0 Å². The molecule has 4 heteroatoms. The van der Waals surface area contributed by atoms with E-state index >= 15 is 0 Å². The van der Waals surface area contributed by atoms with Crippen molar-refractivity contribution in [2.24, 2.45) is 0 Å². The molecule has 0 bridgehead atoms. The van der Waals surface area contributed by atoms with E-state index in [1.54, 1.807) is 6.07 Å². The van der Waals surface area contributed by atoms with Gasteiger partial charge in [-0.3, -0.25) is 4.79 Å². The zero-order valence-corrected chi connectivity index (χ0v) is 15.4. The Bertz CT molecular complexity index is 868. The monoisotopic (exact) mass is 357 g/mol. The first-order valence-electron chi connectivity index (χ1n) is 9.49. The Labute approximate surface area is 160 Å². The van der Waals surface area contributed by atoms with Crippen LogP contribution in [0.15, 0.2) is 48.5 Å². The summed E-state index contributed by atoms with van der Waals surface area (Å²) in [7, 11) is 0. The fourth-order valence-electron chi connectivity index (χ4n) is 3.72. The van der Waals surface area contributed by atoms with Crippen LogP contribution in [0.5, 0.6) is 0 Å². The largest absolute Gasteiger partial charge is 0.343 e. The summed E-state index contributed by atoms with van der Waals surface area (Å²) in [4.78, 5) is 14.3. The van der Waals surface area contributed by atoms with Gasteiger partial charge in [0, 0.05) is 25.4 Å². The minimum absolute atomic E-state index is 0.109. The second-order valence-electron chi connectivity index (χ2n) is 7.00. The van der Waals surface area contributed by atoms with Gasteiger partial charge in [-0.15, -0.1) is 0 Å². The Morgan fingerprint density at radius 3 is 2.33 bits per heavy atom. The first-order valence-corrected chi connectivity index (χ1v) is 9.49. The van der Waals surface area contributed by atoms with Crippen molar-refractivity contribution >= 4 is 5.91 Å². The van der Waals surface area contributed by atoms with Crippen LogP contribution < -0.4 is 0 Å². The number of likely N-dealkylation sites (tertiary alicyclic amines) is 1. The Balaban J connectivity index is 1.75. The maximum absolute atomic E-state index is 12.3. The average molecular weight is 357 g/mol. The van der Waals surface area contributed by atoms with Crippen molar-refractivity contribution in [2.45, 2.75) is 38.0 Å². The van der Waals surface area contributed by atoms with Crippen molar-refractivity contribution in [1.29, 1.82) is 10.5 Å². The van der Waals surface area contributed by atoms with Gasteiger partial charge < -0.3 is 4.90 Å². The third kappa shape index (κ3) is 4.74. The topological polar surface area (TPSA) is 67.9 Å². The Kier molecular flexibility index (Phi) is 6.23. The number of nitrogens with zero attached hydrogens (tertiary/aromatic N) is 3. The van der Waals surface area contributed by atoms with Crippen LogP contribution in [0, 0.1) is 22.7 Å². The molecule has 1 atom stereocenters. The summed E-state index contributed by atoms with van der Waals surface area (Å²) >= 11 is 0. The molecule has 1 aliphatic heterocycles. The summed E-state index contributed by atoms with van der Waals surface area (Å²) in [5.74, 6) is 0.356. The second kappa shape index (κ2) is 9.01. The molecule has 0 aliphatic carbocycles. The van der Waals surface area contributed by atoms with Crippen molar-refractivity contribution in [2.75, 3.05) is 13.1 Å². The number of nitriles is 2. The molecule has 1 aliphatic rings. The fraction of sp³-hybridized carbons (Fsp3) is 0.348. The van der Waals surface area contributed by atoms with Gasteiger partial charge in [0.25, 0.3) is 0 Å². The van der Waals surface area contributed by atoms with E-state index in [0.29, 0.717) is 17.5 Å². The molecule has 136 valence electrons. The standard InChI is InChI=1S/C23H23N3O/c24-16-18-9-11-20(12-10-18)22(21-6-3-5-19(15-21)17-25)7-4-8-23(27)26-13-1-2-14-26/h3,5-6,9-12,15,22H,1-2,4,7-8,13-14H2. The number of rotatable bonds is 6. The van der Waals surface area contributed by atoms with E-state index in [2.05, 4.69) is 12.1 Å². The maximum atomic E-state index is 12.3. The Hall–Kier alpha value is -3.11. The first kappa shape index (κ1) is 18.7. The van der Waals surface area contributed by atoms with Crippen LogP contribution in [0.25, 0.3) is 0 Å². The molecule has 1 saturated heterocycles. The molecule has 1 unspecified atom stereocenters. The lowest BCUT2D eigenvalue weighted by atomic mass is 9.86. The van der Waals surface area contributed by atoms with Gasteiger partial charge in [-0.25, -0.2) is 0 Å². The van der Waals surface area contributed by atoms with E-state index in [1.807, 2.05) is 47.4 Å². The molecule has 27 heavy (non-hydrogen) atoms. The highest BCUT2D eigenvalue weighted by Gasteiger charge is 2.19. The highest BCUT2D eigenvalue weighted by Crippen LogP contribution is 2.31. The molecule has 4 nitrogen and oxygen atoms in total. The average Bonchev–Trinajstić information content (AvgIpc) is 3.26. The Morgan fingerprint density at radius 2 is 1.67 bits per heavy atom. The summed E-state index contributed by atoms with van der Waals surface area (Å²) in [5, 5.41) is 18.2. The van der Waals surface area contributed by atoms with Gasteiger partial charge in [0.2, 0.25) is 5.91 Å². The highest BCUT2D eigenvalue weighted by atomic mass is 16.2. The molecule has 0 aromatic heterocycles. The molecule has 1 amide bonds. The number of hydrogen-bond acceptors (Lipinski definition) is 3. The summed E-state index contributed by atoms with van der Waals surface area (Å²) < 4.78 is 0. The van der Waals surface area contributed by atoms with Crippen molar-refractivity contribution in [3.05, 3.63) is 70.8 Å². The first-order chi connectivity index (χ1) is 13.2. The van der Waals surface area contributed by atoms with Crippen LogP contribution in [-0.4, -0.2) is 23.9 Å². The van der Waals surface area contributed by atoms with Crippen LogP contribution in [0.3, 0.4) is 0 Å². The van der Waals surface area contributed by atoms with Crippen LogP contribution in [0.2, 0.25) is 0 Å². The normalized spacial score (nSPS) is 14.4. The zero-order valence-electron chi connectivity index (χ0n) is 15.4.